The molecule has 0 atom stereocenters. The number of hydrogen-bond donors (Lipinski definition) is 4. The van der Waals surface area contributed by atoms with Crippen molar-refractivity contribution in [3.63, 3.8) is 0 Å². The predicted octanol–water partition coefficient (Wildman–Crippen LogP) is 3.68. The third-order valence-electron chi connectivity index (χ3n) is 4.50. The lowest BCUT2D eigenvalue weighted by molar-refractivity contribution is 0.0953. The van der Waals surface area contributed by atoms with Crippen molar-refractivity contribution in [2.75, 3.05) is 18.4 Å². The van der Waals surface area contributed by atoms with E-state index in [4.69, 9.17) is 0 Å². The van der Waals surface area contributed by atoms with Gasteiger partial charge in [-0.25, -0.2) is 4.79 Å². The summed E-state index contributed by atoms with van der Waals surface area (Å²) >= 11 is 0. The van der Waals surface area contributed by atoms with Crippen LogP contribution in [0.3, 0.4) is 0 Å². The highest BCUT2D eigenvalue weighted by atomic mass is 35.5. The molecule has 0 aliphatic heterocycles. The lowest BCUT2D eigenvalue weighted by Crippen LogP contribution is -2.37. The summed E-state index contributed by atoms with van der Waals surface area (Å²) < 4.78 is 0. The topological polar surface area (TPSA) is 82.3 Å². The van der Waals surface area contributed by atoms with Crippen molar-refractivity contribution in [1.29, 1.82) is 0 Å². The van der Waals surface area contributed by atoms with E-state index < -0.39 is 0 Å². The molecular weight excluding hydrogens is 364 g/mol. The fourth-order valence-electron chi connectivity index (χ4n) is 3.21. The quantitative estimate of drug-likeness (QED) is 0.419. The van der Waals surface area contributed by atoms with Gasteiger partial charge in [0.15, 0.2) is 0 Å². The summed E-state index contributed by atoms with van der Waals surface area (Å²) in [6, 6.07) is 7.34. The van der Waals surface area contributed by atoms with E-state index in [1.54, 1.807) is 24.3 Å². The van der Waals surface area contributed by atoms with Crippen LogP contribution in [0, 0.1) is 0 Å². The van der Waals surface area contributed by atoms with Crippen LogP contribution in [0.25, 0.3) is 0 Å². The highest BCUT2D eigenvalue weighted by Crippen LogP contribution is 2.16. The first kappa shape index (κ1) is 23.2. The van der Waals surface area contributed by atoms with Crippen LogP contribution in [0.5, 0.6) is 0 Å². The zero-order valence-electron chi connectivity index (χ0n) is 16.3. The Bertz CT molecular complexity index is 587. The molecule has 4 N–H and O–H groups in total. The molecule has 1 aliphatic rings. The Balaban J connectivity index is 0.00000364. The van der Waals surface area contributed by atoms with Crippen LogP contribution < -0.4 is 21.3 Å². The molecule has 0 heterocycles. The van der Waals surface area contributed by atoms with E-state index >= 15 is 0 Å². The molecule has 1 aromatic rings. The fraction of sp³-hybridized carbons (Fsp3) is 0.600. The molecule has 7 heteroatoms. The molecule has 1 fully saturated rings. The van der Waals surface area contributed by atoms with Crippen LogP contribution in [0.15, 0.2) is 24.3 Å². The van der Waals surface area contributed by atoms with E-state index in [0.29, 0.717) is 23.8 Å². The van der Waals surface area contributed by atoms with Gasteiger partial charge in [-0.3, -0.25) is 4.79 Å². The summed E-state index contributed by atoms with van der Waals surface area (Å²) in [6.45, 7) is 5.17. The van der Waals surface area contributed by atoms with E-state index in [1.807, 2.05) is 13.8 Å². The molecule has 0 radical (unpaired) electrons. The molecule has 0 bridgehead atoms. The van der Waals surface area contributed by atoms with Crippen molar-refractivity contribution in [1.82, 2.24) is 16.0 Å². The Morgan fingerprint density at radius 2 is 1.78 bits per heavy atom. The van der Waals surface area contributed by atoms with Gasteiger partial charge in [-0.1, -0.05) is 31.7 Å². The van der Waals surface area contributed by atoms with Gasteiger partial charge < -0.3 is 21.3 Å². The Morgan fingerprint density at radius 1 is 1.07 bits per heavy atom. The van der Waals surface area contributed by atoms with Crippen LogP contribution in [0.4, 0.5) is 10.5 Å². The number of carbonyl (C=O) groups is 2. The molecular formula is C20H33ClN4O2. The van der Waals surface area contributed by atoms with Crippen molar-refractivity contribution in [2.24, 2.45) is 0 Å². The molecule has 1 aliphatic carbocycles. The Morgan fingerprint density at radius 3 is 2.44 bits per heavy atom. The minimum Gasteiger partial charge on any atom is -0.351 e. The molecule has 0 saturated heterocycles. The van der Waals surface area contributed by atoms with Gasteiger partial charge >= 0.3 is 6.03 Å². The predicted molar refractivity (Wildman–Crippen MR) is 113 cm³/mol. The summed E-state index contributed by atoms with van der Waals surface area (Å²) in [4.78, 5) is 24.1. The summed E-state index contributed by atoms with van der Waals surface area (Å²) in [5.41, 5.74) is 1.15. The van der Waals surface area contributed by atoms with Gasteiger partial charge in [-0.2, -0.15) is 0 Å². The van der Waals surface area contributed by atoms with Crippen molar-refractivity contribution < 1.29 is 9.59 Å². The molecule has 1 aromatic carbocycles. The third-order valence-corrected chi connectivity index (χ3v) is 4.50. The lowest BCUT2D eigenvalue weighted by atomic mass is 10.1. The maximum Gasteiger partial charge on any atom is 0.319 e. The van der Waals surface area contributed by atoms with E-state index in [0.717, 1.165) is 6.54 Å². The van der Waals surface area contributed by atoms with Gasteiger partial charge in [0.25, 0.3) is 5.91 Å². The molecule has 0 unspecified atom stereocenters. The number of urea groups is 1. The summed E-state index contributed by atoms with van der Waals surface area (Å²) in [5.74, 6) is -0.124. The first-order chi connectivity index (χ1) is 12.5. The smallest absolute Gasteiger partial charge is 0.319 e. The first-order valence-electron chi connectivity index (χ1n) is 9.74. The van der Waals surface area contributed by atoms with E-state index in [1.165, 1.54) is 38.5 Å². The summed E-state index contributed by atoms with van der Waals surface area (Å²) in [6.07, 6.45) is 7.76. The highest BCUT2D eigenvalue weighted by molar-refractivity contribution is 5.96. The molecule has 0 aromatic heterocycles. The molecule has 0 spiro atoms. The number of amides is 3. The first-order valence-corrected chi connectivity index (χ1v) is 9.74. The van der Waals surface area contributed by atoms with Gasteiger partial charge in [0.05, 0.1) is 0 Å². The van der Waals surface area contributed by atoms with Crippen molar-refractivity contribution >= 4 is 30.0 Å². The van der Waals surface area contributed by atoms with Gasteiger partial charge in [-0.05, 0) is 44.9 Å². The number of rotatable bonds is 7. The molecule has 3 amide bonds. The Hall–Kier alpha value is -1.79. The SMILES string of the molecule is CC(C)NC(=O)Nc1cccc(C(=O)NCCNC2CCCCCC2)c1.Cl. The van der Waals surface area contributed by atoms with Crippen LogP contribution in [-0.4, -0.2) is 37.1 Å². The number of nitrogens with one attached hydrogen (secondary N) is 4. The van der Waals surface area contributed by atoms with Crippen LogP contribution in [0.1, 0.15) is 62.7 Å². The normalized spacial score (nSPS) is 14.8. The zero-order valence-corrected chi connectivity index (χ0v) is 17.2. The average Bonchev–Trinajstić information content (AvgIpc) is 2.86. The van der Waals surface area contributed by atoms with Gasteiger partial charge in [0.2, 0.25) is 0 Å². The average molecular weight is 397 g/mol. The Labute approximate surface area is 168 Å². The molecule has 152 valence electrons. The summed E-state index contributed by atoms with van der Waals surface area (Å²) in [7, 11) is 0. The van der Waals surface area contributed by atoms with Crippen LogP contribution in [-0.2, 0) is 0 Å². The van der Waals surface area contributed by atoms with E-state index in [2.05, 4.69) is 21.3 Å². The standard InChI is InChI=1S/C20H32N4O2.ClH/c1-15(2)23-20(26)24-18-11-7-8-16(14-18)19(25)22-13-12-21-17-9-5-3-4-6-10-17;/h7-8,11,14-15,17,21H,3-6,9-10,12-13H2,1-2H3,(H,22,25)(H2,23,24,26);1H. The second kappa shape index (κ2) is 12.6. The second-order valence-electron chi connectivity index (χ2n) is 7.23. The van der Waals surface area contributed by atoms with Crippen molar-refractivity contribution in [3.8, 4) is 0 Å². The van der Waals surface area contributed by atoms with Gasteiger partial charge in [-0.15, -0.1) is 12.4 Å². The highest BCUT2D eigenvalue weighted by Gasteiger charge is 2.12. The minimum atomic E-state index is -0.273. The van der Waals surface area contributed by atoms with E-state index in [-0.39, 0.29) is 30.4 Å². The largest absolute Gasteiger partial charge is 0.351 e. The van der Waals surface area contributed by atoms with Crippen molar-refractivity contribution in [3.05, 3.63) is 29.8 Å². The molecule has 2 rings (SSSR count). The number of hydrogen-bond acceptors (Lipinski definition) is 3. The molecule has 1 saturated carbocycles. The van der Waals surface area contributed by atoms with E-state index in [9.17, 15) is 9.59 Å². The second-order valence-corrected chi connectivity index (χ2v) is 7.23. The lowest BCUT2D eigenvalue weighted by Gasteiger charge is -2.16. The number of halogens is 1. The number of benzene rings is 1. The minimum absolute atomic E-state index is 0. The maximum atomic E-state index is 12.3. The van der Waals surface area contributed by atoms with Crippen LogP contribution in [0.2, 0.25) is 0 Å². The Kier molecular flexibility index (Phi) is 10.8. The monoisotopic (exact) mass is 396 g/mol. The van der Waals surface area contributed by atoms with Crippen molar-refractivity contribution in [2.45, 2.75) is 64.5 Å². The number of anilines is 1. The van der Waals surface area contributed by atoms with Gasteiger partial charge in [0.1, 0.15) is 0 Å². The zero-order chi connectivity index (χ0) is 18.8. The third kappa shape index (κ3) is 9.11. The number of carbonyl (C=O) groups excluding carboxylic acids is 2. The van der Waals surface area contributed by atoms with Gasteiger partial charge in [0, 0.05) is 36.4 Å². The fourth-order valence-corrected chi connectivity index (χ4v) is 3.21. The maximum absolute atomic E-state index is 12.3. The van der Waals surface area contributed by atoms with Crippen LogP contribution >= 0.6 is 12.4 Å². The molecule has 27 heavy (non-hydrogen) atoms. The molecule has 6 nitrogen and oxygen atoms in total. The summed E-state index contributed by atoms with van der Waals surface area (Å²) in [5, 5.41) is 12.0.